The Kier molecular flexibility index (Phi) is 1.77. The van der Waals surface area contributed by atoms with Gasteiger partial charge in [0.25, 0.3) is 0 Å². The van der Waals surface area contributed by atoms with E-state index in [9.17, 15) is 9.90 Å². The van der Waals surface area contributed by atoms with Crippen molar-refractivity contribution in [1.29, 1.82) is 0 Å². The molecule has 1 atom stereocenters. The highest BCUT2D eigenvalue weighted by Gasteiger charge is 2.31. The van der Waals surface area contributed by atoms with Gasteiger partial charge in [0, 0.05) is 0 Å². The van der Waals surface area contributed by atoms with E-state index in [0.717, 1.165) is 11.8 Å². The molecular formula is C10H8O3. The quantitative estimate of drug-likeness (QED) is 0.663. The van der Waals surface area contributed by atoms with Gasteiger partial charge in [-0.2, -0.15) is 0 Å². The molecule has 1 aromatic rings. The zero-order valence-corrected chi connectivity index (χ0v) is 6.81. The Bertz CT molecular complexity index is 354. The van der Waals surface area contributed by atoms with E-state index in [0.29, 0.717) is 0 Å². The maximum atomic E-state index is 11.2. The minimum absolute atomic E-state index is 0.0313. The van der Waals surface area contributed by atoms with Gasteiger partial charge in [-0.3, -0.25) is 4.79 Å². The topological polar surface area (TPSA) is 46.5 Å². The van der Waals surface area contributed by atoms with Crippen LogP contribution in [-0.4, -0.2) is 11.1 Å². The molecule has 0 saturated carbocycles. The maximum Gasteiger partial charge on any atom is 0.326 e. The fraction of sp³-hybridized carbons (Fsp3) is 0.100. The van der Waals surface area contributed by atoms with E-state index < -0.39 is 11.9 Å². The lowest BCUT2D eigenvalue weighted by Crippen LogP contribution is -2.09. The van der Waals surface area contributed by atoms with Crippen molar-refractivity contribution in [2.75, 3.05) is 0 Å². The highest BCUT2D eigenvalue weighted by molar-refractivity contribution is 5.84. The van der Waals surface area contributed by atoms with E-state index in [1.165, 1.54) is 0 Å². The summed E-state index contributed by atoms with van der Waals surface area (Å²) in [7, 11) is 0. The lowest BCUT2D eigenvalue weighted by molar-refractivity contribution is -0.136. The molecule has 0 spiro atoms. The van der Waals surface area contributed by atoms with E-state index in [4.69, 9.17) is 0 Å². The number of cyclic esters (lactones) is 1. The second-order valence-corrected chi connectivity index (χ2v) is 2.82. The standard InChI is InChI=1S/C10H8O3/c11-8-6-13-10(12)9(8)7-4-2-1-3-5-7/h1-6,9,11H. The van der Waals surface area contributed by atoms with Crippen molar-refractivity contribution in [3.05, 3.63) is 47.9 Å². The third-order valence-electron chi connectivity index (χ3n) is 1.96. The van der Waals surface area contributed by atoms with Crippen LogP contribution in [0.25, 0.3) is 0 Å². The number of aliphatic hydroxyl groups excluding tert-OH is 1. The van der Waals surface area contributed by atoms with Crippen LogP contribution in [0.3, 0.4) is 0 Å². The number of hydrogen-bond acceptors (Lipinski definition) is 3. The molecule has 0 aliphatic carbocycles. The van der Waals surface area contributed by atoms with Crippen LogP contribution in [0.15, 0.2) is 42.4 Å². The molecule has 1 aliphatic rings. The van der Waals surface area contributed by atoms with E-state index >= 15 is 0 Å². The van der Waals surface area contributed by atoms with E-state index in [1.807, 2.05) is 18.2 Å². The molecule has 0 bridgehead atoms. The molecule has 2 rings (SSSR count). The fourth-order valence-corrected chi connectivity index (χ4v) is 1.33. The summed E-state index contributed by atoms with van der Waals surface area (Å²) < 4.78 is 4.58. The summed E-state index contributed by atoms with van der Waals surface area (Å²) in [4.78, 5) is 11.2. The van der Waals surface area contributed by atoms with Gasteiger partial charge in [0.2, 0.25) is 0 Å². The van der Waals surface area contributed by atoms with Gasteiger partial charge in [0.15, 0.2) is 0 Å². The number of carbonyl (C=O) groups is 1. The molecule has 3 nitrogen and oxygen atoms in total. The van der Waals surface area contributed by atoms with E-state index in [2.05, 4.69) is 4.74 Å². The Balaban J connectivity index is 2.36. The zero-order chi connectivity index (χ0) is 9.26. The number of rotatable bonds is 1. The third-order valence-corrected chi connectivity index (χ3v) is 1.96. The Labute approximate surface area is 75.3 Å². The average molecular weight is 176 g/mol. The predicted molar refractivity (Wildman–Crippen MR) is 46.0 cm³/mol. The van der Waals surface area contributed by atoms with Crippen LogP contribution in [0.2, 0.25) is 0 Å². The lowest BCUT2D eigenvalue weighted by Gasteiger charge is -2.05. The SMILES string of the molecule is O=C1OC=C(O)C1c1ccccc1. The Morgan fingerprint density at radius 2 is 1.92 bits per heavy atom. The molecule has 1 unspecified atom stereocenters. The highest BCUT2D eigenvalue weighted by Crippen LogP contribution is 2.28. The molecule has 0 aromatic heterocycles. The number of hydrogen-bond donors (Lipinski definition) is 1. The van der Waals surface area contributed by atoms with Crippen LogP contribution >= 0.6 is 0 Å². The summed E-state index contributed by atoms with van der Waals surface area (Å²) >= 11 is 0. The number of esters is 1. The van der Waals surface area contributed by atoms with Crippen molar-refractivity contribution in [3.63, 3.8) is 0 Å². The van der Waals surface area contributed by atoms with E-state index in [1.54, 1.807) is 12.1 Å². The van der Waals surface area contributed by atoms with Crippen molar-refractivity contribution in [2.45, 2.75) is 5.92 Å². The first-order valence-corrected chi connectivity index (χ1v) is 3.93. The monoisotopic (exact) mass is 176 g/mol. The average Bonchev–Trinajstić information content (AvgIpc) is 2.48. The first-order valence-electron chi connectivity index (χ1n) is 3.93. The van der Waals surface area contributed by atoms with Crippen molar-refractivity contribution in [1.82, 2.24) is 0 Å². The predicted octanol–water partition coefficient (Wildman–Crippen LogP) is 1.73. The summed E-state index contributed by atoms with van der Waals surface area (Å²) in [6, 6.07) is 9.04. The molecule has 0 amide bonds. The fourth-order valence-electron chi connectivity index (χ4n) is 1.33. The summed E-state index contributed by atoms with van der Waals surface area (Å²) in [5, 5.41) is 9.33. The Morgan fingerprint density at radius 1 is 1.23 bits per heavy atom. The van der Waals surface area contributed by atoms with Crippen molar-refractivity contribution < 1.29 is 14.6 Å². The molecule has 1 N–H and O–H groups in total. The number of benzene rings is 1. The molecular weight excluding hydrogens is 168 g/mol. The first kappa shape index (κ1) is 7.86. The molecule has 0 fully saturated rings. The smallest absolute Gasteiger partial charge is 0.326 e. The molecule has 1 aromatic carbocycles. The zero-order valence-electron chi connectivity index (χ0n) is 6.81. The molecule has 1 heterocycles. The van der Waals surface area contributed by atoms with Crippen LogP contribution in [0.1, 0.15) is 11.5 Å². The summed E-state index contributed by atoms with van der Waals surface area (Å²) in [6.07, 6.45) is 1.08. The molecule has 66 valence electrons. The van der Waals surface area contributed by atoms with Gasteiger partial charge in [-0.05, 0) is 5.56 Å². The second kappa shape index (κ2) is 2.94. The van der Waals surface area contributed by atoms with Gasteiger partial charge >= 0.3 is 5.97 Å². The summed E-state index contributed by atoms with van der Waals surface area (Å²) in [5.41, 5.74) is 0.749. The normalized spacial score (nSPS) is 21.1. The van der Waals surface area contributed by atoms with Gasteiger partial charge in [0.05, 0.1) is 0 Å². The van der Waals surface area contributed by atoms with Crippen LogP contribution in [-0.2, 0) is 9.53 Å². The lowest BCUT2D eigenvalue weighted by atomic mass is 9.99. The van der Waals surface area contributed by atoms with E-state index in [-0.39, 0.29) is 5.76 Å². The molecule has 0 saturated heterocycles. The minimum Gasteiger partial charge on any atom is -0.508 e. The second-order valence-electron chi connectivity index (χ2n) is 2.82. The summed E-state index contributed by atoms with van der Waals surface area (Å²) in [6.45, 7) is 0. The molecule has 13 heavy (non-hydrogen) atoms. The molecule has 1 aliphatic heterocycles. The van der Waals surface area contributed by atoms with Gasteiger partial charge in [-0.15, -0.1) is 0 Å². The van der Waals surface area contributed by atoms with Crippen molar-refractivity contribution >= 4 is 5.97 Å². The van der Waals surface area contributed by atoms with Crippen molar-refractivity contribution in [3.8, 4) is 0 Å². The van der Waals surface area contributed by atoms with Crippen LogP contribution in [0.5, 0.6) is 0 Å². The van der Waals surface area contributed by atoms with Gasteiger partial charge in [0.1, 0.15) is 17.9 Å². The summed E-state index contributed by atoms with van der Waals surface area (Å²) in [5.74, 6) is -1.10. The van der Waals surface area contributed by atoms with Gasteiger partial charge in [-0.25, -0.2) is 0 Å². The number of aliphatic hydroxyl groups is 1. The number of ether oxygens (including phenoxy) is 1. The van der Waals surface area contributed by atoms with Crippen LogP contribution in [0, 0.1) is 0 Å². The van der Waals surface area contributed by atoms with Gasteiger partial charge in [-0.1, -0.05) is 30.3 Å². The first-order chi connectivity index (χ1) is 6.29. The maximum absolute atomic E-state index is 11.2. The third kappa shape index (κ3) is 1.28. The number of carbonyl (C=O) groups excluding carboxylic acids is 1. The Hall–Kier alpha value is -1.77. The molecule has 3 heteroatoms. The Morgan fingerprint density at radius 3 is 2.46 bits per heavy atom. The van der Waals surface area contributed by atoms with Crippen molar-refractivity contribution in [2.24, 2.45) is 0 Å². The van der Waals surface area contributed by atoms with Crippen LogP contribution < -0.4 is 0 Å². The minimum atomic E-state index is -0.638. The molecule has 0 radical (unpaired) electrons. The van der Waals surface area contributed by atoms with Gasteiger partial charge < -0.3 is 9.84 Å². The largest absolute Gasteiger partial charge is 0.508 e. The highest BCUT2D eigenvalue weighted by atomic mass is 16.5. The van der Waals surface area contributed by atoms with Crippen LogP contribution in [0.4, 0.5) is 0 Å².